The molecule has 0 bridgehead atoms. The van der Waals surface area contributed by atoms with Crippen LogP contribution in [-0.2, 0) is 71.2 Å². The second-order valence-electron chi connectivity index (χ2n) is 21.0. The molecule has 20 N–H and O–H groups in total. The van der Waals surface area contributed by atoms with Crippen molar-refractivity contribution in [2.75, 3.05) is 26.4 Å². The van der Waals surface area contributed by atoms with Crippen molar-refractivity contribution in [1.29, 1.82) is 0 Å². The van der Waals surface area contributed by atoms with Crippen LogP contribution in [0.4, 0.5) is 0 Å². The Labute approximate surface area is 460 Å². The van der Waals surface area contributed by atoms with E-state index in [0.717, 1.165) is 13.8 Å². The number of carbonyl (C=O) groups is 2. The average Bonchev–Trinajstić information content (AvgIpc) is 3.56. The molecule has 470 valence electrons. The maximum Gasteiger partial charge on any atom is 0.217 e. The molecule has 0 radical (unpaired) electrons. The molecule has 7 saturated heterocycles. The molecule has 35 nitrogen and oxygen atoms in total. The van der Waals surface area contributed by atoms with Gasteiger partial charge in [-0.05, 0) is 20.8 Å². The van der Waals surface area contributed by atoms with Gasteiger partial charge in [0.05, 0.1) is 44.7 Å². The third-order valence-corrected chi connectivity index (χ3v) is 15.2. The van der Waals surface area contributed by atoms with E-state index in [-0.39, 0.29) is 0 Å². The molecule has 7 aliphatic rings. The van der Waals surface area contributed by atoms with Crippen molar-refractivity contribution in [3.63, 3.8) is 0 Å². The SMILES string of the molecule is CC(=O)N[C@@H]1[C@@H](O[C@@H]2O[C@@H](C)[C@@H](O)[C@@H](O)[C@@H]2O)[C@H](O[C@@H]2O[C@H](CO)[C@H](O)[C@H](O[C@@H]3O[C@H](CO)[C@@H](O[C@@H]4O[C@H](CO)[C@H](O)[C@H](O)[C@H]4O[C@@H]4O[C@@H](C)[C@@H](O)[C@@H](O)[C@@H]4O)[C@H](O[C@@H]4O[C@@H](C)[C@@H](O)[C@@H](O)[C@@H]4O)[C@H]3NC(C)=O)[C@H]2O)[C@@H](CO)O[C@H]1O. The highest BCUT2D eigenvalue weighted by atomic mass is 16.8. The molecule has 2 amide bonds. The van der Waals surface area contributed by atoms with Crippen LogP contribution in [-0.4, -0.2) is 345 Å². The second-order valence-corrected chi connectivity index (χ2v) is 21.0. The maximum atomic E-state index is 13.3. The number of rotatable bonds is 18. The normalized spacial score (nSPS) is 51.8. The van der Waals surface area contributed by atoms with Gasteiger partial charge in [-0.2, -0.15) is 0 Å². The third kappa shape index (κ3) is 14.1. The summed E-state index contributed by atoms with van der Waals surface area (Å²) in [6.07, 6.45) is -61.9. The third-order valence-electron chi connectivity index (χ3n) is 15.2. The van der Waals surface area contributed by atoms with Gasteiger partial charge < -0.3 is 164 Å². The fourth-order valence-electron chi connectivity index (χ4n) is 10.6. The summed E-state index contributed by atoms with van der Waals surface area (Å²) in [6, 6.07) is -3.58. The Bertz CT molecular complexity index is 2010. The lowest BCUT2D eigenvalue weighted by Gasteiger charge is -2.52. The van der Waals surface area contributed by atoms with Gasteiger partial charge in [0.25, 0.3) is 0 Å². The van der Waals surface area contributed by atoms with Crippen LogP contribution in [0, 0.1) is 0 Å². The predicted octanol–water partition coefficient (Wildman–Crippen LogP) is -12.9. The number of carbonyl (C=O) groups excluding carboxylic acids is 2. The predicted molar refractivity (Wildman–Crippen MR) is 251 cm³/mol. The fraction of sp³-hybridized carbons (Fsp3) is 0.957. The van der Waals surface area contributed by atoms with Crippen molar-refractivity contribution in [3.8, 4) is 0 Å². The van der Waals surface area contributed by atoms with E-state index >= 15 is 0 Å². The van der Waals surface area contributed by atoms with Crippen molar-refractivity contribution >= 4 is 11.8 Å². The number of amides is 2. The smallest absolute Gasteiger partial charge is 0.217 e. The molecule has 81 heavy (non-hydrogen) atoms. The van der Waals surface area contributed by atoms with E-state index in [1.165, 1.54) is 20.8 Å². The van der Waals surface area contributed by atoms with Crippen LogP contribution in [0.25, 0.3) is 0 Å². The number of aliphatic hydroxyl groups is 18. The standard InChI is InChI=1S/C46H78N2O33/c1-10-21(55)26(60)30(64)42(69-10)78-36-19(47-13(4)53)40(68)72-17(8-51)34(36)76-45-33(67)38(25(59)16(7-50)73-45)80-41-20(48-14(5)54)37(79-43-31(65)27(61)22(56)11(2)70-43)35(18(9-52)75-41)77-46-39(29(63)24(58)15(6-49)74-46)81-44-32(66)28(62)23(57)12(3)71-44/h10-12,15-46,49-52,55-68H,6-9H2,1-5H3,(H,47,53)(H,48,54)/t10-,11-,12-,15+,16+,17+,18+,19+,20+,21+,22+,23+,24-,25-,26+,27+,28+,29-,30-,31-,32-,33+,34+,35+,36+,37+,38-,39+,40+,41-,42-,43-,44-,45-,46-/m0/s1. The first kappa shape index (κ1) is 66.2. The van der Waals surface area contributed by atoms with Crippen LogP contribution in [0.15, 0.2) is 0 Å². The Hall–Kier alpha value is -2.30. The molecule has 35 atom stereocenters. The summed E-state index contributed by atoms with van der Waals surface area (Å²) in [4.78, 5) is 25.8. The van der Waals surface area contributed by atoms with Crippen LogP contribution >= 0.6 is 0 Å². The lowest BCUT2D eigenvalue weighted by Crippen LogP contribution is -2.72. The first-order valence-corrected chi connectivity index (χ1v) is 26.2. The number of nitrogens with one attached hydrogen (secondary N) is 2. The Kier molecular flexibility index (Phi) is 22.9. The molecule has 0 aromatic carbocycles. The molecule has 7 rings (SSSR count). The molecular formula is C46H78N2O33. The Morgan fingerprint density at radius 3 is 1.10 bits per heavy atom. The number of aliphatic hydroxyl groups excluding tert-OH is 18. The van der Waals surface area contributed by atoms with E-state index in [1.54, 1.807) is 0 Å². The van der Waals surface area contributed by atoms with Gasteiger partial charge in [-0.1, -0.05) is 0 Å². The van der Waals surface area contributed by atoms with E-state index in [1.807, 2.05) is 0 Å². The van der Waals surface area contributed by atoms with E-state index < -0.39 is 253 Å². The number of hydrogen-bond donors (Lipinski definition) is 20. The minimum atomic E-state index is -2.30. The maximum absolute atomic E-state index is 13.3. The van der Waals surface area contributed by atoms with E-state index in [0.29, 0.717) is 0 Å². The van der Waals surface area contributed by atoms with E-state index in [9.17, 15) is 102 Å². The van der Waals surface area contributed by atoms with E-state index in [2.05, 4.69) is 10.6 Å². The topological polar surface area (TPSA) is 542 Å². The van der Waals surface area contributed by atoms with Gasteiger partial charge in [-0.3, -0.25) is 9.59 Å². The molecule has 0 aliphatic carbocycles. The van der Waals surface area contributed by atoms with Crippen molar-refractivity contribution in [3.05, 3.63) is 0 Å². The van der Waals surface area contributed by atoms with Crippen molar-refractivity contribution in [2.45, 2.75) is 249 Å². The lowest BCUT2D eigenvalue weighted by atomic mass is 9.93. The minimum absolute atomic E-state index is 0.793. The number of ether oxygens (including phenoxy) is 13. The summed E-state index contributed by atoms with van der Waals surface area (Å²) in [6.45, 7) is 1.71. The first-order chi connectivity index (χ1) is 38.2. The molecule has 0 saturated carbocycles. The van der Waals surface area contributed by atoms with Crippen LogP contribution < -0.4 is 10.6 Å². The van der Waals surface area contributed by atoms with Crippen LogP contribution in [0.5, 0.6) is 0 Å². The Morgan fingerprint density at radius 1 is 0.321 bits per heavy atom. The van der Waals surface area contributed by atoms with Gasteiger partial charge in [-0.25, -0.2) is 0 Å². The Morgan fingerprint density at radius 2 is 0.654 bits per heavy atom. The monoisotopic (exact) mass is 1190 g/mol. The van der Waals surface area contributed by atoms with Crippen molar-refractivity contribution in [2.24, 2.45) is 0 Å². The van der Waals surface area contributed by atoms with Crippen molar-refractivity contribution < 1.29 is 163 Å². The van der Waals surface area contributed by atoms with Gasteiger partial charge in [0.1, 0.15) is 152 Å². The summed E-state index contributed by atoms with van der Waals surface area (Å²) in [5, 5.41) is 201. The molecule has 0 aromatic rings. The molecule has 35 heteroatoms. The molecular weight excluding hydrogens is 1110 g/mol. The summed E-state index contributed by atoms with van der Waals surface area (Å²) in [7, 11) is 0. The minimum Gasteiger partial charge on any atom is -0.394 e. The summed E-state index contributed by atoms with van der Waals surface area (Å²) < 4.78 is 77.2. The van der Waals surface area contributed by atoms with Gasteiger partial charge in [-0.15, -0.1) is 0 Å². The lowest BCUT2D eigenvalue weighted by molar-refractivity contribution is -0.401. The van der Waals surface area contributed by atoms with Gasteiger partial charge >= 0.3 is 0 Å². The highest BCUT2D eigenvalue weighted by Gasteiger charge is 2.60. The fourth-order valence-corrected chi connectivity index (χ4v) is 10.6. The summed E-state index contributed by atoms with van der Waals surface area (Å²) >= 11 is 0. The van der Waals surface area contributed by atoms with Crippen LogP contribution in [0.3, 0.4) is 0 Å². The second kappa shape index (κ2) is 28.0. The van der Waals surface area contributed by atoms with Gasteiger partial charge in [0.2, 0.25) is 11.8 Å². The zero-order valence-corrected chi connectivity index (χ0v) is 44.2. The zero-order valence-electron chi connectivity index (χ0n) is 44.2. The summed E-state index contributed by atoms with van der Waals surface area (Å²) in [5.74, 6) is -1.72. The van der Waals surface area contributed by atoms with Gasteiger partial charge in [0, 0.05) is 13.8 Å². The number of hydrogen-bond acceptors (Lipinski definition) is 33. The average molecular weight is 1190 g/mol. The van der Waals surface area contributed by atoms with Crippen LogP contribution in [0.1, 0.15) is 34.6 Å². The summed E-state index contributed by atoms with van der Waals surface area (Å²) in [5.41, 5.74) is 0. The Balaban J connectivity index is 1.24. The molecule has 0 spiro atoms. The quantitative estimate of drug-likeness (QED) is 0.0606. The highest BCUT2D eigenvalue weighted by molar-refractivity contribution is 5.73. The van der Waals surface area contributed by atoms with E-state index in [4.69, 9.17) is 61.6 Å². The van der Waals surface area contributed by atoms with Crippen molar-refractivity contribution in [1.82, 2.24) is 10.6 Å². The highest BCUT2D eigenvalue weighted by Crippen LogP contribution is 2.39. The molecule has 7 fully saturated rings. The molecule has 0 aromatic heterocycles. The first-order valence-electron chi connectivity index (χ1n) is 26.2. The molecule has 7 aliphatic heterocycles. The van der Waals surface area contributed by atoms with Crippen LogP contribution in [0.2, 0.25) is 0 Å². The molecule has 7 heterocycles. The molecule has 0 unspecified atom stereocenters. The van der Waals surface area contributed by atoms with Gasteiger partial charge in [0.15, 0.2) is 44.0 Å². The zero-order chi connectivity index (χ0) is 59.8. The largest absolute Gasteiger partial charge is 0.394 e.